The van der Waals surface area contributed by atoms with Crippen molar-refractivity contribution < 1.29 is 28.2 Å². The molecule has 0 bridgehead atoms. The number of methoxy groups -OCH3 is 1. The van der Waals surface area contributed by atoms with Crippen LogP contribution in [0.1, 0.15) is 18.4 Å². The van der Waals surface area contributed by atoms with Gasteiger partial charge in [0.2, 0.25) is 0 Å². The molecule has 9 nitrogen and oxygen atoms in total. The summed E-state index contributed by atoms with van der Waals surface area (Å²) in [4.78, 5) is 28.8. The van der Waals surface area contributed by atoms with E-state index < -0.39 is 17.6 Å². The van der Waals surface area contributed by atoms with Crippen molar-refractivity contribution in [3.63, 3.8) is 0 Å². The second kappa shape index (κ2) is 14.3. The largest absolute Gasteiger partial charge is 0.493 e. The lowest BCUT2D eigenvalue weighted by Crippen LogP contribution is -2.38. The number of nitrogens with zero attached hydrogens (tertiary/aromatic N) is 2. The molecule has 10 heteroatoms. The number of fused-ring (bicyclic) bond motifs is 1. The number of ether oxygens (including phenoxy) is 3. The summed E-state index contributed by atoms with van der Waals surface area (Å²) < 4.78 is 33.0. The Labute approximate surface area is 257 Å². The van der Waals surface area contributed by atoms with E-state index in [0.29, 0.717) is 42.8 Å². The van der Waals surface area contributed by atoms with Crippen molar-refractivity contribution >= 4 is 17.5 Å². The van der Waals surface area contributed by atoms with Gasteiger partial charge in [-0.3, -0.25) is 9.59 Å². The van der Waals surface area contributed by atoms with E-state index >= 15 is 4.39 Å². The minimum absolute atomic E-state index is 0.0252. The molecule has 1 unspecified atom stereocenters. The second-order valence-electron chi connectivity index (χ2n) is 11.3. The molecule has 2 aliphatic heterocycles. The fourth-order valence-corrected chi connectivity index (χ4v) is 5.30. The van der Waals surface area contributed by atoms with Gasteiger partial charge in [-0.05, 0) is 81.2 Å². The first-order valence-corrected chi connectivity index (χ1v) is 14.8. The molecular weight excluding hydrogens is 563 g/mol. The normalized spacial score (nSPS) is 18.4. The summed E-state index contributed by atoms with van der Waals surface area (Å²) in [5.41, 5.74) is 1.97. The van der Waals surface area contributed by atoms with Crippen LogP contribution in [0.15, 0.2) is 95.8 Å². The maximum Gasteiger partial charge on any atom is 0.313 e. The molecule has 0 spiro atoms. The number of rotatable bonds is 10. The Morgan fingerprint density at radius 1 is 1.11 bits per heavy atom. The van der Waals surface area contributed by atoms with E-state index in [9.17, 15) is 9.59 Å². The number of hydrogen-bond donors (Lipinski definition) is 2. The average molecular weight is 603 g/mol. The molecule has 2 heterocycles. The quantitative estimate of drug-likeness (QED) is 0.391. The van der Waals surface area contributed by atoms with Crippen LogP contribution in [0.5, 0.6) is 5.75 Å². The number of likely N-dealkylation sites (N-methyl/N-ethyl adjacent to an activating group) is 1. The monoisotopic (exact) mass is 602 g/mol. The molecule has 3 aliphatic rings. The van der Waals surface area contributed by atoms with Gasteiger partial charge in [0.1, 0.15) is 5.76 Å². The van der Waals surface area contributed by atoms with Gasteiger partial charge >= 0.3 is 11.8 Å². The molecule has 232 valence electrons. The van der Waals surface area contributed by atoms with Gasteiger partial charge < -0.3 is 34.6 Å². The number of dihydropyridines is 1. The topological polar surface area (TPSA) is 92.4 Å². The van der Waals surface area contributed by atoms with Crippen molar-refractivity contribution in [1.82, 2.24) is 15.1 Å². The standard InChI is InChI=1S/C34H39FN4O5/c1-38-16-12-24(13-17-38)22-43-32-21-28-26(20-31(32)42-3)29(11-15-36-28)44-30-10-9-25(19-27(30)35)37-33(40)34(41)39(2)18-14-23-7-5-4-6-8-23/h4-11,15,19-21,24,28,36H,12-14,16-18,22H2,1-3H3,(H,37,40). The predicted molar refractivity (Wildman–Crippen MR) is 166 cm³/mol. The van der Waals surface area contributed by atoms with Crippen molar-refractivity contribution in [3.8, 4) is 5.75 Å². The van der Waals surface area contributed by atoms with Crippen molar-refractivity contribution in [2.45, 2.75) is 25.3 Å². The van der Waals surface area contributed by atoms with Crippen LogP contribution in [0, 0.1) is 11.7 Å². The molecule has 2 amide bonds. The van der Waals surface area contributed by atoms with Crippen LogP contribution in [0.4, 0.5) is 10.1 Å². The van der Waals surface area contributed by atoms with Crippen LogP contribution in [0.25, 0.3) is 0 Å². The number of anilines is 1. The number of carbonyl (C=O) groups excluding carboxylic acids is 2. The van der Waals surface area contributed by atoms with E-state index in [1.807, 2.05) is 42.5 Å². The molecule has 2 N–H and O–H groups in total. The molecule has 1 fully saturated rings. The maximum absolute atomic E-state index is 15.1. The minimum atomic E-state index is -0.845. The van der Waals surface area contributed by atoms with Gasteiger partial charge in [-0.1, -0.05) is 30.3 Å². The van der Waals surface area contributed by atoms with Crippen molar-refractivity contribution in [2.24, 2.45) is 5.92 Å². The lowest BCUT2D eigenvalue weighted by atomic mass is 9.96. The summed E-state index contributed by atoms with van der Waals surface area (Å²) in [7, 11) is 5.29. The zero-order valence-electron chi connectivity index (χ0n) is 25.3. The molecular formula is C34H39FN4O5. The van der Waals surface area contributed by atoms with E-state index in [4.69, 9.17) is 14.2 Å². The lowest BCUT2D eigenvalue weighted by molar-refractivity contribution is -0.142. The Hall–Kier alpha value is -4.57. The van der Waals surface area contributed by atoms with Gasteiger partial charge in [-0.25, -0.2) is 4.39 Å². The van der Waals surface area contributed by atoms with Gasteiger partial charge in [0.15, 0.2) is 23.1 Å². The van der Waals surface area contributed by atoms with E-state index in [0.717, 1.165) is 43.1 Å². The zero-order valence-corrected chi connectivity index (χ0v) is 25.3. The summed E-state index contributed by atoms with van der Waals surface area (Å²) in [5.74, 6) is -0.0952. The SMILES string of the molecule is COC1=CC2=C(Oc3ccc(NC(=O)C(=O)N(C)CCc4ccccc4)cc3F)C=CNC2C=C1OCC1CCN(C)CC1. The van der Waals surface area contributed by atoms with Gasteiger partial charge in [-0.2, -0.15) is 0 Å². The summed E-state index contributed by atoms with van der Waals surface area (Å²) in [6, 6.07) is 13.5. The molecule has 0 radical (unpaired) electrons. The first-order valence-electron chi connectivity index (χ1n) is 14.8. The first-order chi connectivity index (χ1) is 21.3. The van der Waals surface area contributed by atoms with Gasteiger partial charge in [-0.15, -0.1) is 0 Å². The highest BCUT2D eigenvalue weighted by Gasteiger charge is 2.28. The molecule has 1 aliphatic carbocycles. The number of hydrogen-bond acceptors (Lipinski definition) is 7. The minimum Gasteiger partial charge on any atom is -0.493 e. The Balaban J connectivity index is 1.20. The highest BCUT2D eigenvalue weighted by Crippen LogP contribution is 2.32. The summed E-state index contributed by atoms with van der Waals surface area (Å²) in [6.45, 7) is 3.13. The van der Waals surface area contributed by atoms with Crippen molar-refractivity contribution in [2.75, 3.05) is 52.8 Å². The van der Waals surface area contributed by atoms with Gasteiger partial charge in [0.25, 0.3) is 0 Å². The second-order valence-corrected chi connectivity index (χ2v) is 11.3. The smallest absolute Gasteiger partial charge is 0.313 e. The van der Waals surface area contributed by atoms with Crippen LogP contribution in [0.2, 0.25) is 0 Å². The average Bonchev–Trinajstić information content (AvgIpc) is 3.04. The van der Waals surface area contributed by atoms with Crippen molar-refractivity contribution in [3.05, 3.63) is 107 Å². The third-order valence-electron chi connectivity index (χ3n) is 8.04. The number of allylic oxidation sites excluding steroid dienone is 1. The van der Waals surface area contributed by atoms with E-state index in [1.165, 1.54) is 17.0 Å². The Morgan fingerprint density at radius 2 is 1.89 bits per heavy atom. The van der Waals surface area contributed by atoms with Crippen LogP contribution in [0.3, 0.4) is 0 Å². The number of piperidine rings is 1. The van der Waals surface area contributed by atoms with E-state index in [2.05, 4.69) is 22.6 Å². The van der Waals surface area contributed by atoms with Gasteiger partial charge in [0.05, 0.1) is 19.8 Å². The molecule has 0 aromatic heterocycles. The predicted octanol–water partition coefficient (Wildman–Crippen LogP) is 4.37. The first kappa shape index (κ1) is 30.9. The third kappa shape index (κ3) is 7.68. The van der Waals surface area contributed by atoms with E-state index in [-0.39, 0.29) is 17.5 Å². The third-order valence-corrected chi connectivity index (χ3v) is 8.04. The Kier molecular flexibility index (Phi) is 10.0. The summed E-state index contributed by atoms with van der Waals surface area (Å²) in [5, 5.41) is 5.76. The fraction of sp³-hybridized carbons (Fsp3) is 0.353. The molecule has 2 aromatic carbocycles. The molecule has 2 aromatic rings. The number of carbonyl (C=O) groups is 2. The Bertz CT molecular complexity index is 1480. The van der Waals surface area contributed by atoms with Gasteiger partial charge in [0, 0.05) is 37.1 Å². The Morgan fingerprint density at radius 3 is 2.61 bits per heavy atom. The van der Waals surface area contributed by atoms with Crippen LogP contribution in [-0.4, -0.2) is 75.1 Å². The highest BCUT2D eigenvalue weighted by atomic mass is 19.1. The zero-order chi connectivity index (χ0) is 31.1. The number of likely N-dealkylation sites (tertiary alicyclic amines) is 1. The van der Waals surface area contributed by atoms with Crippen LogP contribution >= 0.6 is 0 Å². The maximum atomic E-state index is 15.1. The fourth-order valence-electron chi connectivity index (χ4n) is 5.30. The number of nitrogens with one attached hydrogen (secondary N) is 2. The van der Waals surface area contributed by atoms with Crippen molar-refractivity contribution in [1.29, 1.82) is 0 Å². The van der Waals surface area contributed by atoms with Crippen LogP contribution < -0.4 is 15.4 Å². The molecule has 5 rings (SSSR count). The number of amides is 2. The molecule has 1 atom stereocenters. The molecule has 0 saturated carbocycles. The molecule has 1 saturated heterocycles. The highest BCUT2D eigenvalue weighted by molar-refractivity contribution is 6.39. The number of benzene rings is 2. The van der Waals surface area contributed by atoms with E-state index in [1.54, 1.807) is 26.4 Å². The summed E-state index contributed by atoms with van der Waals surface area (Å²) in [6.07, 6.45) is 10.0. The number of halogens is 1. The van der Waals surface area contributed by atoms with Crippen LogP contribution in [-0.2, 0) is 25.5 Å². The lowest BCUT2D eigenvalue weighted by Gasteiger charge is -2.31. The summed E-state index contributed by atoms with van der Waals surface area (Å²) >= 11 is 0. The molecule has 44 heavy (non-hydrogen) atoms.